The Kier molecular flexibility index (Phi) is 11.1. The van der Waals surface area contributed by atoms with Crippen molar-refractivity contribution in [3.8, 4) is 11.5 Å². The summed E-state index contributed by atoms with van der Waals surface area (Å²) < 4.78 is 24.0. The van der Waals surface area contributed by atoms with Gasteiger partial charge >= 0.3 is 11.9 Å². The quantitative estimate of drug-likeness (QED) is 0.133. The molecule has 42 heavy (non-hydrogen) atoms. The van der Waals surface area contributed by atoms with E-state index in [0.717, 1.165) is 5.69 Å². The van der Waals surface area contributed by atoms with Crippen LogP contribution >= 0.6 is 0 Å². The number of nitrogens with zero attached hydrogens (tertiary/aromatic N) is 2. The molecule has 0 aliphatic rings. The van der Waals surface area contributed by atoms with Gasteiger partial charge in [0, 0.05) is 37.5 Å². The zero-order valence-electron chi connectivity index (χ0n) is 24.3. The highest BCUT2D eigenvalue weighted by Crippen LogP contribution is 2.21. The number of anilines is 1. The van der Waals surface area contributed by atoms with E-state index in [0.29, 0.717) is 41.4 Å². The number of ether oxygens (including phenoxy) is 4. The van der Waals surface area contributed by atoms with Gasteiger partial charge in [0.2, 0.25) is 0 Å². The van der Waals surface area contributed by atoms with Crippen molar-refractivity contribution in [3.63, 3.8) is 0 Å². The van der Waals surface area contributed by atoms with E-state index in [-0.39, 0.29) is 17.2 Å². The smallest absolute Gasteiger partial charge is 0.343 e. The standard InChI is InChI=1S/C33H36N3O6/c1-7-29(41-32(37)24-9-13-27(39-6)14-10-24)23(3)31(34)30(8-2)42-33(38)25-11-15-28(16-12-25)40-22-21-36-19-17-26(18-20-36)35(4)5/h7-20H,1-2,21-22,34H2,3-6H3/q+1/b29-23+,31-30-. The fraction of sp³-hybridized carbons (Fsp3) is 0.182. The van der Waals surface area contributed by atoms with Crippen LogP contribution in [0.15, 0.2) is 121 Å². The topological polar surface area (TPSA) is 104 Å². The maximum atomic E-state index is 12.8. The summed E-state index contributed by atoms with van der Waals surface area (Å²) >= 11 is 0. The van der Waals surface area contributed by atoms with Crippen molar-refractivity contribution in [2.45, 2.75) is 13.5 Å². The second kappa shape index (κ2) is 14.9. The van der Waals surface area contributed by atoms with Crippen molar-refractivity contribution in [2.75, 3.05) is 32.7 Å². The van der Waals surface area contributed by atoms with Gasteiger partial charge in [-0.3, -0.25) is 0 Å². The van der Waals surface area contributed by atoms with Gasteiger partial charge in [-0.05, 0) is 67.6 Å². The Morgan fingerprint density at radius 1 is 0.833 bits per heavy atom. The third kappa shape index (κ3) is 8.34. The molecule has 0 saturated carbocycles. The number of methoxy groups -OCH3 is 1. The number of esters is 2. The van der Waals surface area contributed by atoms with Crippen LogP contribution in [-0.2, 0) is 16.0 Å². The highest BCUT2D eigenvalue weighted by molar-refractivity contribution is 5.91. The average molecular weight is 571 g/mol. The molecule has 3 rings (SSSR count). The lowest BCUT2D eigenvalue weighted by Gasteiger charge is -2.13. The highest BCUT2D eigenvalue weighted by Gasteiger charge is 2.17. The zero-order chi connectivity index (χ0) is 30.6. The number of pyridine rings is 1. The second-order valence-electron chi connectivity index (χ2n) is 9.24. The largest absolute Gasteiger partial charge is 0.497 e. The predicted molar refractivity (Wildman–Crippen MR) is 161 cm³/mol. The van der Waals surface area contributed by atoms with Gasteiger partial charge in [0.05, 0.1) is 23.9 Å². The molecule has 3 aromatic rings. The van der Waals surface area contributed by atoms with Crippen LogP contribution in [0.1, 0.15) is 27.6 Å². The van der Waals surface area contributed by atoms with Crippen LogP contribution in [0.2, 0.25) is 0 Å². The van der Waals surface area contributed by atoms with Crippen LogP contribution < -0.4 is 24.7 Å². The van der Waals surface area contributed by atoms with Crippen molar-refractivity contribution in [1.82, 2.24) is 0 Å². The van der Waals surface area contributed by atoms with Gasteiger partial charge in [0.1, 0.15) is 23.9 Å². The van der Waals surface area contributed by atoms with Crippen LogP contribution in [0.5, 0.6) is 11.5 Å². The summed E-state index contributed by atoms with van der Waals surface area (Å²) in [4.78, 5) is 27.5. The summed E-state index contributed by atoms with van der Waals surface area (Å²) in [6, 6.07) is 17.1. The van der Waals surface area contributed by atoms with Crippen molar-refractivity contribution >= 4 is 17.6 Å². The van der Waals surface area contributed by atoms with Crippen LogP contribution in [0.4, 0.5) is 5.69 Å². The summed E-state index contributed by atoms with van der Waals surface area (Å²) in [7, 11) is 5.52. The van der Waals surface area contributed by atoms with Crippen LogP contribution in [0, 0.1) is 0 Å². The highest BCUT2D eigenvalue weighted by atomic mass is 16.5. The van der Waals surface area contributed by atoms with Gasteiger partial charge in [-0.15, -0.1) is 0 Å². The summed E-state index contributed by atoms with van der Waals surface area (Å²) in [5.41, 5.74) is 8.39. The third-order valence-corrected chi connectivity index (χ3v) is 6.24. The first-order chi connectivity index (χ1) is 20.2. The Balaban J connectivity index is 1.63. The van der Waals surface area contributed by atoms with Crippen molar-refractivity contribution in [3.05, 3.63) is 132 Å². The first kappa shape index (κ1) is 31.2. The van der Waals surface area contributed by atoms with Gasteiger partial charge < -0.3 is 29.6 Å². The molecule has 218 valence electrons. The molecule has 0 spiro atoms. The molecule has 0 saturated heterocycles. The number of benzene rings is 2. The van der Waals surface area contributed by atoms with Crippen molar-refractivity contribution in [1.29, 1.82) is 0 Å². The molecule has 9 heteroatoms. The molecular formula is C33H36N3O6+. The lowest BCUT2D eigenvalue weighted by molar-refractivity contribution is -0.697. The minimum atomic E-state index is -0.640. The number of aromatic nitrogens is 1. The van der Waals surface area contributed by atoms with Crippen LogP contribution in [-0.4, -0.2) is 39.8 Å². The maximum absolute atomic E-state index is 12.8. The van der Waals surface area contributed by atoms with E-state index in [1.165, 1.54) is 19.3 Å². The molecule has 0 aliphatic heterocycles. The fourth-order valence-corrected chi connectivity index (χ4v) is 3.69. The fourth-order valence-electron chi connectivity index (χ4n) is 3.69. The number of carbonyl (C=O) groups excluding carboxylic acids is 2. The Labute approximate surface area is 246 Å². The van der Waals surface area contributed by atoms with E-state index < -0.39 is 11.9 Å². The van der Waals surface area contributed by atoms with Crippen molar-refractivity contribution < 1.29 is 33.1 Å². The number of hydrogen-bond acceptors (Lipinski definition) is 8. The van der Waals surface area contributed by atoms with E-state index in [1.807, 2.05) is 48.1 Å². The van der Waals surface area contributed by atoms with Crippen molar-refractivity contribution in [2.24, 2.45) is 5.73 Å². The van der Waals surface area contributed by atoms with Crippen LogP contribution in [0.25, 0.3) is 0 Å². The average Bonchev–Trinajstić information content (AvgIpc) is 3.02. The predicted octanol–water partition coefficient (Wildman–Crippen LogP) is 4.96. The molecule has 0 aliphatic carbocycles. The first-order valence-corrected chi connectivity index (χ1v) is 13.1. The number of carbonyl (C=O) groups is 2. The molecule has 0 bridgehead atoms. The second-order valence-corrected chi connectivity index (χ2v) is 9.24. The number of nitrogens with two attached hydrogens (primary N) is 1. The summed E-state index contributed by atoms with van der Waals surface area (Å²) in [6.45, 7) is 10.1. The molecule has 0 fully saturated rings. The van der Waals surface area contributed by atoms with E-state index >= 15 is 0 Å². The SMILES string of the molecule is C=C/C(OC(=O)c1ccc(OCC[n+]2ccc(N(C)C)cc2)cc1)=C(N)\C(C)=C(/C=C)OC(=O)c1ccc(OC)cc1. The normalized spacial score (nSPS) is 11.8. The molecule has 2 aromatic carbocycles. The summed E-state index contributed by atoms with van der Waals surface area (Å²) in [5.74, 6) is 0.0883. The molecular weight excluding hydrogens is 534 g/mol. The molecule has 1 heterocycles. The Bertz CT molecular complexity index is 1470. The molecule has 0 amide bonds. The summed E-state index contributed by atoms with van der Waals surface area (Å²) in [6.07, 6.45) is 6.65. The maximum Gasteiger partial charge on any atom is 0.343 e. The Morgan fingerprint density at radius 3 is 1.81 bits per heavy atom. The molecule has 0 atom stereocenters. The Morgan fingerprint density at radius 2 is 1.33 bits per heavy atom. The summed E-state index contributed by atoms with van der Waals surface area (Å²) in [5, 5.41) is 0. The third-order valence-electron chi connectivity index (χ3n) is 6.24. The van der Waals surface area contributed by atoms with E-state index in [1.54, 1.807) is 55.5 Å². The van der Waals surface area contributed by atoms with E-state index in [4.69, 9.17) is 24.7 Å². The molecule has 1 aromatic heterocycles. The molecule has 0 radical (unpaired) electrons. The molecule has 0 unspecified atom stereocenters. The monoisotopic (exact) mass is 570 g/mol. The molecule has 2 N–H and O–H groups in total. The van der Waals surface area contributed by atoms with Gasteiger partial charge in [-0.25, -0.2) is 14.2 Å². The number of hydrogen-bond donors (Lipinski definition) is 1. The lowest BCUT2D eigenvalue weighted by atomic mass is 10.1. The minimum absolute atomic E-state index is 0.00924. The first-order valence-electron chi connectivity index (χ1n) is 13.1. The van der Waals surface area contributed by atoms with E-state index in [9.17, 15) is 9.59 Å². The zero-order valence-corrected chi connectivity index (χ0v) is 24.3. The minimum Gasteiger partial charge on any atom is -0.497 e. The number of allylic oxidation sites excluding steroid dienone is 3. The Hall–Kier alpha value is -5.31. The van der Waals surface area contributed by atoms with Gasteiger partial charge in [-0.1, -0.05) is 13.2 Å². The van der Waals surface area contributed by atoms with Crippen LogP contribution in [0.3, 0.4) is 0 Å². The molecule has 9 nitrogen and oxygen atoms in total. The van der Waals surface area contributed by atoms with Gasteiger partial charge in [-0.2, -0.15) is 0 Å². The van der Waals surface area contributed by atoms with Gasteiger partial charge in [0.15, 0.2) is 24.7 Å². The lowest BCUT2D eigenvalue weighted by Crippen LogP contribution is -2.35. The van der Waals surface area contributed by atoms with E-state index in [2.05, 4.69) is 13.2 Å². The van der Waals surface area contributed by atoms with Gasteiger partial charge in [0.25, 0.3) is 0 Å². The number of rotatable bonds is 13.